The van der Waals surface area contributed by atoms with Crippen LogP contribution in [0.5, 0.6) is 0 Å². The Bertz CT molecular complexity index is 389. The summed E-state index contributed by atoms with van der Waals surface area (Å²) in [5.41, 5.74) is 1.06. The maximum atomic E-state index is 11.9. The molecule has 17 heavy (non-hydrogen) atoms. The van der Waals surface area contributed by atoms with Gasteiger partial charge in [0.25, 0.3) is 0 Å². The number of hydrogen-bond donors (Lipinski definition) is 1. The molecule has 1 atom stereocenters. The van der Waals surface area contributed by atoms with Crippen LogP contribution in [0.2, 0.25) is 0 Å². The third-order valence-electron chi connectivity index (χ3n) is 2.76. The van der Waals surface area contributed by atoms with Crippen LogP contribution in [0.25, 0.3) is 0 Å². The van der Waals surface area contributed by atoms with Gasteiger partial charge in [-0.25, -0.2) is 0 Å². The highest BCUT2D eigenvalue weighted by atomic mass is 79.9. The van der Waals surface area contributed by atoms with E-state index in [1.807, 2.05) is 24.3 Å². The minimum atomic E-state index is 0.184. The number of ether oxygens (including phenoxy) is 1. The quantitative estimate of drug-likeness (QED) is 0.923. The molecule has 2 rings (SSSR count). The molecule has 0 aliphatic carbocycles. The van der Waals surface area contributed by atoms with Gasteiger partial charge in [0.05, 0.1) is 13.2 Å². The number of carbonyl (C=O) groups is 1. The van der Waals surface area contributed by atoms with Crippen LogP contribution in [-0.4, -0.2) is 31.6 Å². The van der Waals surface area contributed by atoms with Gasteiger partial charge in [0.15, 0.2) is 0 Å². The number of Topliss-reactive ketones (excluding diaryl/α,β-unsaturated/α-hetero) is 1. The molecule has 1 saturated heterocycles. The maximum Gasteiger partial charge on any atom is 0.138 e. The molecule has 0 saturated carbocycles. The Hall–Kier alpha value is -0.710. The van der Waals surface area contributed by atoms with Gasteiger partial charge in [-0.05, 0) is 17.7 Å². The monoisotopic (exact) mass is 297 g/mol. The first-order valence-corrected chi connectivity index (χ1v) is 6.60. The van der Waals surface area contributed by atoms with Crippen LogP contribution in [0.1, 0.15) is 12.0 Å². The van der Waals surface area contributed by atoms with Crippen LogP contribution in [0, 0.1) is 0 Å². The van der Waals surface area contributed by atoms with Crippen molar-refractivity contribution in [1.82, 2.24) is 5.32 Å². The van der Waals surface area contributed by atoms with Crippen LogP contribution in [0.4, 0.5) is 0 Å². The molecule has 0 aromatic heterocycles. The Labute approximate surface area is 110 Å². The molecule has 1 N–H and O–H groups in total. The Kier molecular flexibility index (Phi) is 4.71. The van der Waals surface area contributed by atoms with E-state index in [0.717, 1.165) is 23.2 Å². The molecule has 1 aliphatic rings. The standard InChI is InChI=1S/C13H16BrNO2/c14-11-3-1-2-10(6-11)7-13(16)8-12-9-17-5-4-15-12/h1-3,6,12,15H,4-5,7-9H2. The van der Waals surface area contributed by atoms with E-state index < -0.39 is 0 Å². The van der Waals surface area contributed by atoms with E-state index >= 15 is 0 Å². The minimum absolute atomic E-state index is 0.184. The molecule has 4 heteroatoms. The summed E-state index contributed by atoms with van der Waals surface area (Å²) in [4.78, 5) is 11.9. The van der Waals surface area contributed by atoms with E-state index in [4.69, 9.17) is 4.74 Å². The molecular weight excluding hydrogens is 282 g/mol. The predicted molar refractivity (Wildman–Crippen MR) is 70.1 cm³/mol. The molecule has 1 fully saturated rings. The zero-order chi connectivity index (χ0) is 12.1. The van der Waals surface area contributed by atoms with Gasteiger partial charge in [0.2, 0.25) is 0 Å². The molecule has 0 radical (unpaired) electrons. The highest BCUT2D eigenvalue weighted by Gasteiger charge is 2.16. The van der Waals surface area contributed by atoms with E-state index in [1.165, 1.54) is 0 Å². The third kappa shape index (κ3) is 4.22. The van der Waals surface area contributed by atoms with Gasteiger partial charge in [-0.3, -0.25) is 4.79 Å². The zero-order valence-electron chi connectivity index (χ0n) is 9.62. The van der Waals surface area contributed by atoms with Crippen LogP contribution in [0.3, 0.4) is 0 Å². The van der Waals surface area contributed by atoms with Crippen molar-refractivity contribution in [3.63, 3.8) is 0 Å². The number of rotatable bonds is 4. The van der Waals surface area contributed by atoms with Crippen LogP contribution in [0.15, 0.2) is 28.7 Å². The normalized spacial score (nSPS) is 20.2. The highest BCUT2D eigenvalue weighted by Crippen LogP contribution is 2.13. The Morgan fingerprint density at radius 1 is 1.53 bits per heavy atom. The minimum Gasteiger partial charge on any atom is -0.379 e. The van der Waals surface area contributed by atoms with Crippen molar-refractivity contribution in [3.8, 4) is 0 Å². The Balaban J connectivity index is 1.84. The second kappa shape index (κ2) is 6.28. The van der Waals surface area contributed by atoms with Crippen LogP contribution in [-0.2, 0) is 16.0 Å². The summed E-state index contributed by atoms with van der Waals surface area (Å²) in [7, 11) is 0. The van der Waals surface area contributed by atoms with E-state index in [9.17, 15) is 4.79 Å². The number of carbonyl (C=O) groups excluding carboxylic acids is 1. The van der Waals surface area contributed by atoms with Gasteiger partial charge in [-0.2, -0.15) is 0 Å². The molecule has 3 nitrogen and oxygen atoms in total. The van der Waals surface area contributed by atoms with Crippen molar-refractivity contribution in [2.75, 3.05) is 19.8 Å². The van der Waals surface area contributed by atoms with Crippen LogP contribution < -0.4 is 5.32 Å². The number of ketones is 1. The van der Waals surface area contributed by atoms with Crippen molar-refractivity contribution in [2.24, 2.45) is 0 Å². The Morgan fingerprint density at radius 2 is 2.41 bits per heavy atom. The summed E-state index contributed by atoms with van der Waals surface area (Å²) >= 11 is 3.41. The number of nitrogens with one attached hydrogen (secondary N) is 1. The fourth-order valence-corrected chi connectivity index (χ4v) is 2.42. The second-order valence-corrected chi connectivity index (χ2v) is 5.19. The lowest BCUT2D eigenvalue weighted by molar-refractivity contribution is -0.119. The largest absolute Gasteiger partial charge is 0.379 e. The Morgan fingerprint density at radius 3 is 3.12 bits per heavy atom. The molecular formula is C13H16BrNO2. The van der Waals surface area contributed by atoms with Gasteiger partial charge in [0.1, 0.15) is 5.78 Å². The molecule has 0 amide bonds. The first-order valence-electron chi connectivity index (χ1n) is 5.81. The third-order valence-corrected chi connectivity index (χ3v) is 3.26. The number of halogens is 1. The maximum absolute atomic E-state index is 11.9. The first-order chi connectivity index (χ1) is 8.24. The summed E-state index contributed by atoms with van der Waals surface area (Å²) in [6.07, 6.45) is 1.05. The molecule has 1 heterocycles. The van der Waals surface area contributed by atoms with E-state index in [1.54, 1.807) is 0 Å². The lowest BCUT2D eigenvalue weighted by atomic mass is 10.0. The van der Waals surface area contributed by atoms with Crippen LogP contribution >= 0.6 is 15.9 Å². The first kappa shape index (κ1) is 12.7. The molecule has 92 valence electrons. The highest BCUT2D eigenvalue weighted by molar-refractivity contribution is 9.10. The number of hydrogen-bond acceptors (Lipinski definition) is 3. The number of morpholine rings is 1. The topological polar surface area (TPSA) is 38.3 Å². The number of benzene rings is 1. The summed E-state index contributed by atoms with van der Waals surface area (Å²) in [5, 5.41) is 3.29. The van der Waals surface area contributed by atoms with Crippen molar-refractivity contribution >= 4 is 21.7 Å². The second-order valence-electron chi connectivity index (χ2n) is 4.28. The molecule has 0 bridgehead atoms. The van der Waals surface area contributed by atoms with E-state index in [-0.39, 0.29) is 11.8 Å². The van der Waals surface area contributed by atoms with Gasteiger partial charge in [-0.15, -0.1) is 0 Å². The zero-order valence-corrected chi connectivity index (χ0v) is 11.2. The SMILES string of the molecule is O=C(Cc1cccc(Br)c1)CC1COCCN1. The van der Waals surface area contributed by atoms with Gasteiger partial charge < -0.3 is 10.1 Å². The summed E-state index contributed by atoms with van der Waals surface area (Å²) in [6, 6.07) is 8.07. The van der Waals surface area contributed by atoms with E-state index in [2.05, 4.69) is 21.2 Å². The van der Waals surface area contributed by atoms with Crippen molar-refractivity contribution in [3.05, 3.63) is 34.3 Å². The lowest BCUT2D eigenvalue weighted by Gasteiger charge is -2.23. The summed E-state index contributed by atoms with van der Waals surface area (Å²) in [5.74, 6) is 0.256. The summed E-state index contributed by atoms with van der Waals surface area (Å²) in [6.45, 7) is 2.23. The molecule has 0 spiro atoms. The van der Waals surface area contributed by atoms with Crippen molar-refractivity contribution < 1.29 is 9.53 Å². The summed E-state index contributed by atoms with van der Waals surface area (Å²) < 4.78 is 6.35. The molecule has 1 aromatic rings. The fraction of sp³-hybridized carbons (Fsp3) is 0.462. The molecule has 1 unspecified atom stereocenters. The lowest BCUT2D eigenvalue weighted by Crippen LogP contribution is -2.42. The van der Waals surface area contributed by atoms with Crippen molar-refractivity contribution in [2.45, 2.75) is 18.9 Å². The van der Waals surface area contributed by atoms with Gasteiger partial charge in [0, 0.05) is 29.9 Å². The average Bonchev–Trinajstić information content (AvgIpc) is 2.30. The predicted octanol–water partition coefficient (Wildman–Crippen LogP) is 1.94. The molecule has 1 aliphatic heterocycles. The average molecular weight is 298 g/mol. The smallest absolute Gasteiger partial charge is 0.138 e. The van der Waals surface area contributed by atoms with Gasteiger partial charge in [-0.1, -0.05) is 28.1 Å². The van der Waals surface area contributed by atoms with Crippen molar-refractivity contribution in [1.29, 1.82) is 0 Å². The molecule has 1 aromatic carbocycles. The van der Waals surface area contributed by atoms with Gasteiger partial charge >= 0.3 is 0 Å². The fourth-order valence-electron chi connectivity index (χ4n) is 1.97. The van der Waals surface area contributed by atoms with E-state index in [0.29, 0.717) is 19.4 Å².